The molecule has 0 bridgehead atoms. The number of hydrogen-bond acceptors (Lipinski definition) is 3. The Morgan fingerprint density at radius 3 is 2.33 bits per heavy atom. The fraction of sp³-hybridized carbons (Fsp3) is 0.529. The van der Waals surface area contributed by atoms with Gasteiger partial charge in [-0.25, -0.2) is 0 Å². The van der Waals surface area contributed by atoms with Crippen LogP contribution in [-0.2, 0) is 11.3 Å². The SMILES string of the molecule is CCN(Cc1ccccc1C#N)C(=O)C(C)(C)C(C)(C)N. The first-order valence-electron chi connectivity index (χ1n) is 7.21. The minimum atomic E-state index is -0.676. The molecule has 0 radical (unpaired) electrons. The van der Waals surface area contributed by atoms with Crippen LogP contribution in [0.1, 0.15) is 45.7 Å². The molecule has 0 heterocycles. The van der Waals surface area contributed by atoms with Gasteiger partial charge in [-0.15, -0.1) is 0 Å². The highest BCUT2D eigenvalue weighted by Crippen LogP contribution is 2.31. The third kappa shape index (κ3) is 3.62. The summed E-state index contributed by atoms with van der Waals surface area (Å²) in [6.07, 6.45) is 0. The van der Waals surface area contributed by atoms with E-state index in [1.54, 1.807) is 11.0 Å². The zero-order valence-electron chi connectivity index (χ0n) is 13.6. The molecular weight excluding hydrogens is 262 g/mol. The fourth-order valence-corrected chi connectivity index (χ4v) is 1.97. The lowest BCUT2D eigenvalue weighted by atomic mass is 9.74. The molecule has 114 valence electrons. The number of carbonyl (C=O) groups is 1. The first-order valence-corrected chi connectivity index (χ1v) is 7.21. The number of nitriles is 1. The van der Waals surface area contributed by atoms with Crippen molar-refractivity contribution in [3.05, 3.63) is 35.4 Å². The zero-order chi connectivity index (χ0) is 16.3. The van der Waals surface area contributed by atoms with Crippen molar-refractivity contribution in [2.75, 3.05) is 6.54 Å². The van der Waals surface area contributed by atoms with Crippen LogP contribution >= 0.6 is 0 Å². The summed E-state index contributed by atoms with van der Waals surface area (Å²) in [5.41, 5.74) is 6.33. The van der Waals surface area contributed by atoms with Gasteiger partial charge in [0.2, 0.25) is 5.91 Å². The van der Waals surface area contributed by atoms with E-state index in [1.807, 2.05) is 52.8 Å². The van der Waals surface area contributed by atoms with Crippen molar-refractivity contribution in [2.24, 2.45) is 11.1 Å². The molecule has 0 aromatic heterocycles. The Hall–Kier alpha value is -1.86. The second-order valence-corrected chi connectivity index (χ2v) is 6.43. The van der Waals surface area contributed by atoms with Crippen molar-refractivity contribution in [1.29, 1.82) is 5.26 Å². The van der Waals surface area contributed by atoms with Crippen molar-refractivity contribution >= 4 is 5.91 Å². The molecule has 0 spiro atoms. The van der Waals surface area contributed by atoms with Gasteiger partial charge in [-0.1, -0.05) is 18.2 Å². The molecule has 1 aromatic rings. The Morgan fingerprint density at radius 2 is 1.86 bits per heavy atom. The topological polar surface area (TPSA) is 70.1 Å². The summed E-state index contributed by atoms with van der Waals surface area (Å²) in [4.78, 5) is 14.6. The van der Waals surface area contributed by atoms with Gasteiger partial charge in [0.25, 0.3) is 0 Å². The predicted octanol–water partition coefficient (Wildman–Crippen LogP) is 2.67. The van der Waals surface area contributed by atoms with E-state index < -0.39 is 11.0 Å². The van der Waals surface area contributed by atoms with E-state index in [4.69, 9.17) is 11.0 Å². The van der Waals surface area contributed by atoms with Crippen LogP contribution in [0.3, 0.4) is 0 Å². The number of benzene rings is 1. The maximum absolute atomic E-state index is 12.8. The van der Waals surface area contributed by atoms with Crippen LogP contribution in [0.2, 0.25) is 0 Å². The number of carbonyl (C=O) groups excluding carboxylic acids is 1. The van der Waals surface area contributed by atoms with E-state index in [9.17, 15) is 4.79 Å². The monoisotopic (exact) mass is 287 g/mol. The average Bonchev–Trinajstić information content (AvgIpc) is 2.43. The van der Waals surface area contributed by atoms with Gasteiger partial charge >= 0.3 is 0 Å². The molecule has 0 aliphatic carbocycles. The maximum atomic E-state index is 12.8. The van der Waals surface area contributed by atoms with Gasteiger partial charge in [0, 0.05) is 18.6 Å². The number of nitrogens with zero attached hydrogens (tertiary/aromatic N) is 2. The lowest BCUT2D eigenvalue weighted by Gasteiger charge is -2.40. The standard InChI is InChI=1S/C17H25N3O/c1-6-20(15(21)16(2,3)17(4,5)19)12-14-10-8-7-9-13(14)11-18/h7-10H,6,12,19H2,1-5H3. The lowest BCUT2D eigenvalue weighted by Crippen LogP contribution is -2.56. The highest BCUT2D eigenvalue weighted by molar-refractivity contribution is 5.83. The second kappa shape index (κ2) is 6.28. The average molecular weight is 287 g/mol. The summed E-state index contributed by atoms with van der Waals surface area (Å²) < 4.78 is 0. The molecule has 4 heteroatoms. The van der Waals surface area contributed by atoms with Gasteiger partial charge in [-0.2, -0.15) is 5.26 Å². The van der Waals surface area contributed by atoms with E-state index in [0.717, 1.165) is 5.56 Å². The lowest BCUT2D eigenvalue weighted by molar-refractivity contribution is -0.144. The Labute approximate surface area is 127 Å². The van der Waals surface area contributed by atoms with Gasteiger partial charge < -0.3 is 10.6 Å². The van der Waals surface area contributed by atoms with Gasteiger partial charge in [0.15, 0.2) is 0 Å². The zero-order valence-corrected chi connectivity index (χ0v) is 13.6. The minimum absolute atomic E-state index is 0.00485. The highest BCUT2D eigenvalue weighted by Gasteiger charge is 2.42. The van der Waals surface area contributed by atoms with Crippen LogP contribution in [-0.4, -0.2) is 22.9 Å². The van der Waals surface area contributed by atoms with Crippen molar-refractivity contribution in [3.8, 4) is 6.07 Å². The van der Waals surface area contributed by atoms with Crippen LogP contribution in [0.15, 0.2) is 24.3 Å². The molecule has 4 nitrogen and oxygen atoms in total. The summed E-state index contributed by atoms with van der Waals surface area (Å²) in [7, 11) is 0. The van der Waals surface area contributed by atoms with Crippen LogP contribution in [0.5, 0.6) is 0 Å². The molecule has 0 saturated heterocycles. The predicted molar refractivity (Wildman–Crippen MR) is 84.3 cm³/mol. The molecule has 1 rings (SSSR count). The van der Waals surface area contributed by atoms with Crippen LogP contribution < -0.4 is 5.73 Å². The molecule has 0 atom stereocenters. The molecule has 0 saturated carbocycles. The smallest absolute Gasteiger partial charge is 0.230 e. The first kappa shape index (κ1) is 17.2. The Kier molecular flexibility index (Phi) is 5.14. The van der Waals surface area contributed by atoms with E-state index in [0.29, 0.717) is 18.7 Å². The van der Waals surface area contributed by atoms with Crippen LogP contribution in [0.4, 0.5) is 0 Å². The molecule has 1 amide bonds. The summed E-state index contributed by atoms with van der Waals surface area (Å²) in [5.74, 6) is 0.00485. The molecule has 0 fully saturated rings. The Morgan fingerprint density at radius 1 is 1.29 bits per heavy atom. The second-order valence-electron chi connectivity index (χ2n) is 6.43. The number of amides is 1. The number of nitrogens with two attached hydrogens (primary N) is 1. The van der Waals surface area contributed by atoms with E-state index in [1.165, 1.54) is 0 Å². The van der Waals surface area contributed by atoms with E-state index in [2.05, 4.69) is 6.07 Å². The summed E-state index contributed by atoms with van der Waals surface area (Å²) in [6, 6.07) is 9.53. The highest BCUT2D eigenvalue weighted by atomic mass is 16.2. The number of hydrogen-bond donors (Lipinski definition) is 1. The molecule has 0 unspecified atom stereocenters. The van der Waals surface area contributed by atoms with E-state index in [-0.39, 0.29) is 5.91 Å². The third-order valence-electron chi connectivity index (χ3n) is 4.31. The van der Waals surface area contributed by atoms with Gasteiger partial charge in [-0.05, 0) is 46.2 Å². The molecular formula is C17H25N3O. The van der Waals surface area contributed by atoms with Crippen molar-refractivity contribution < 1.29 is 4.79 Å². The minimum Gasteiger partial charge on any atom is -0.338 e. The molecule has 0 aliphatic rings. The third-order valence-corrected chi connectivity index (χ3v) is 4.31. The fourth-order valence-electron chi connectivity index (χ4n) is 1.97. The maximum Gasteiger partial charge on any atom is 0.230 e. The molecule has 1 aromatic carbocycles. The van der Waals surface area contributed by atoms with Gasteiger partial charge in [-0.3, -0.25) is 4.79 Å². The molecule has 0 aliphatic heterocycles. The first-order chi connectivity index (χ1) is 9.65. The summed E-state index contributed by atoms with van der Waals surface area (Å²) >= 11 is 0. The normalized spacial score (nSPS) is 11.9. The van der Waals surface area contributed by atoms with Crippen LogP contribution in [0, 0.1) is 16.7 Å². The van der Waals surface area contributed by atoms with Crippen molar-refractivity contribution in [3.63, 3.8) is 0 Å². The summed E-state index contributed by atoms with van der Waals surface area (Å²) in [6.45, 7) is 10.4. The van der Waals surface area contributed by atoms with Crippen LogP contribution in [0.25, 0.3) is 0 Å². The molecule has 2 N–H and O–H groups in total. The summed E-state index contributed by atoms with van der Waals surface area (Å²) in [5, 5.41) is 9.16. The van der Waals surface area contributed by atoms with Gasteiger partial charge in [0.1, 0.15) is 0 Å². The molecule has 21 heavy (non-hydrogen) atoms. The number of rotatable bonds is 5. The largest absolute Gasteiger partial charge is 0.338 e. The Balaban J connectivity index is 3.05. The Bertz CT molecular complexity index is 550. The van der Waals surface area contributed by atoms with Crippen molar-refractivity contribution in [2.45, 2.75) is 46.7 Å². The van der Waals surface area contributed by atoms with E-state index >= 15 is 0 Å². The van der Waals surface area contributed by atoms with Gasteiger partial charge in [0.05, 0.1) is 17.0 Å². The quantitative estimate of drug-likeness (QED) is 0.905. The van der Waals surface area contributed by atoms with Crippen molar-refractivity contribution in [1.82, 2.24) is 4.90 Å².